The highest BCUT2D eigenvalue weighted by atomic mass is 35.5. The van der Waals surface area contributed by atoms with Crippen molar-refractivity contribution >= 4 is 28.1 Å². The van der Waals surface area contributed by atoms with Crippen molar-refractivity contribution in [3.63, 3.8) is 0 Å². The van der Waals surface area contributed by atoms with Crippen molar-refractivity contribution in [3.8, 4) is 0 Å². The smallest absolute Gasteiger partial charge is 0.0412 e. The number of benzene rings is 2. The molecule has 1 N–H and O–H groups in total. The van der Waals surface area contributed by atoms with Crippen molar-refractivity contribution < 1.29 is 0 Å². The number of pyridine rings is 1. The van der Waals surface area contributed by atoms with E-state index in [4.69, 9.17) is 11.6 Å². The van der Waals surface area contributed by atoms with Gasteiger partial charge in [-0.25, -0.2) is 0 Å². The Bertz CT molecular complexity index is 733. The zero-order valence-corrected chi connectivity index (χ0v) is 12.0. The Balaban J connectivity index is 1.79. The van der Waals surface area contributed by atoms with Crippen LogP contribution in [0.25, 0.3) is 10.8 Å². The largest absolute Gasteiger partial charge is 0.381 e. The van der Waals surface area contributed by atoms with E-state index in [1.165, 1.54) is 16.5 Å². The summed E-state index contributed by atoms with van der Waals surface area (Å²) in [5.41, 5.74) is 3.46. The van der Waals surface area contributed by atoms with Crippen molar-refractivity contribution in [1.82, 2.24) is 4.98 Å². The summed E-state index contributed by atoms with van der Waals surface area (Å²) < 4.78 is 0. The molecule has 3 rings (SSSR count). The van der Waals surface area contributed by atoms with Gasteiger partial charge in [0.2, 0.25) is 0 Å². The van der Waals surface area contributed by atoms with E-state index in [9.17, 15) is 0 Å². The molecule has 0 atom stereocenters. The molecule has 0 amide bonds. The lowest BCUT2D eigenvalue weighted by Crippen LogP contribution is -1.99. The number of aryl methyl sites for hydroxylation is 1. The molecule has 0 aliphatic heterocycles. The molecule has 0 aliphatic carbocycles. The molecule has 3 aromatic rings. The number of fused-ring (bicyclic) bond motifs is 1. The third-order valence-electron chi connectivity index (χ3n) is 3.24. The summed E-state index contributed by atoms with van der Waals surface area (Å²) in [6, 6.07) is 14.4. The lowest BCUT2D eigenvalue weighted by Gasteiger charge is -2.09. The van der Waals surface area contributed by atoms with E-state index in [0.717, 1.165) is 22.6 Å². The summed E-state index contributed by atoms with van der Waals surface area (Å²) >= 11 is 6.08. The summed E-state index contributed by atoms with van der Waals surface area (Å²) in [4.78, 5) is 4.12. The maximum absolute atomic E-state index is 6.08. The molecule has 20 heavy (non-hydrogen) atoms. The maximum Gasteiger partial charge on any atom is 0.0412 e. The summed E-state index contributed by atoms with van der Waals surface area (Å²) in [5.74, 6) is 0. The Morgan fingerprint density at radius 1 is 1.05 bits per heavy atom. The fourth-order valence-corrected chi connectivity index (χ4v) is 2.62. The van der Waals surface area contributed by atoms with Crippen LogP contribution in [0.4, 0.5) is 5.69 Å². The van der Waals surface area contributed by atoms with Gasteiger partial charge in [-0.05, 0) is 53.8 Å². The van der Waals surface area contributed by atoms with Crippen LogP contribution in [-0.2, 0) is 6.54 Å². The average Bonchev–Trinajstić information content (AvgIpc) is 2.44. The van der Waals surface area contributed by atoms with Crippen molar-refractivity contribution in [2.75, 3.05) is 5.32 Å². The molecule has 100 valence electrons. The second kappa shape index (κ2) is 5.51. The van der Waals surface area contributed by atoms with Crippen LogP contribution in [0.5, 0.6) is 0 Å². The molecule has 0 spiro atoms. The van der Waals surface area contributed by atoms with E-state index in [0.29, 0.717) is 0 Å². The molecule has 0 saturated carbocycles. The van der Waals surface area contributed by atoms with Gasteiger partial charge in [0.25, 0.3) is 0 Å². The predicted molar refractivity (Wildman–Crippen MR) is 85.3 cm³/mol. The summed E-state index contributed by atoms with van der Waals surface area (Å²) in [5, 5.41) is 6.55. The normalized spacial score (nSPS) is 10.7. The minimum absolute atomic E-state index is 0.762. The number of nitrogens with one attached hydrogen (secondary N) is 1. The van der Waals surface area contributed by atoms with Crippen LogP contribution >= 0.6 is 11.6 Å². The first-order chi connectivity index (χ1) is 9.70. The van der Waals surface area contributed by atoms with Gasteiger partial charge in [0.15, 0.2) is 0 Å². The molecule has 0 radical (unpaired) electrons. The molecule has 3 heteroatoms. The summed E-state index contributed by atoms with van der Waals surface area (Å²) in [7, 11) is 0. The van der Waals surface area contributed by atoms with Gasteiger partial charge in [0, 0.05) is 35.0 Å². The lowest BCUT2D eigenvalue weighted by atomic mass is 10.1. The molecule has 0 saturated heterocycles. The molecule has 0 bridgehead atoms. The fraction of sp³-hybridized carbons (Fsp3) is 0.118. The molecule has 2 nitrogen and oxygen atoms in total. The minimum Gasteiger partial charge on any atom is -0.381 e. The van der Waals surface area contributed by atoms with Crippen LogP contribution < -0.4 is 5.32 Å². The SMILES string of the molecule is Cc1cc(Cl)cc(CNc2ccc3cnccc3c2)c1. The third-order valence-corrected chi connectivity index (χ3v) is 3.46. The highest BCUT2D eigenvalue weighted by molar-refractivity contribution is 6.30. The van der Waals surface area contributed by atoms with Crippen molar-refractivity contribution in [1.29, 1.82) is 0 Å². The average molecular weight is 283 g/mol. The van der Waals surface area contributed by atoms with Gasteiger partial charge >= 0.3 is 0 Å². The maximum atomic E-state index is 6.08. The Labute approximate surface area is 123 Å². The molecule has 0 aliphatic rings. The van der Waals surface area contributed by atoms with Crippen molar-refractivity contribution in [2.45, 2.75) is 13.5 Å². The Hall–Kier alpha value is -2.06. The van der Waals surface area contributed by atoms with E-state index in [2.05, 4.69) is 41.5 Å². The second-order valence-corrected chi connectivity index (χ2v) is 5.36. The van der Waals surface area contributed by atoms with Gasteiger partial charge in [-0.1, -0.05) is 23.7 Å². The summed E-state index contributed by atoms with van der Waals surface area (Å²) in [6.07, 6.45) is 3.69. The highest BCUT2D eigenvalue weighted by Gasteiger charge is 1.99. The van der Waals surface area contributed by atoms with Crippen LogP contribution in [-0.4, -0.2) is 4.98 Å². The van der Waals surface area contributed by atoms with Crippen LogP contribution in [0.2, 0.25) is 5.02 Å². The van der Waals surface area contributed by atoms with Crippen molar-refractivity contribution in [3.05, 3.63) is 71.0 Å². The standard InChI is InChI=1S/C17H15ClN2/c1-12-6-13(8-16(18)7-12)10-20-17-3-2-15-11-19-5-4-14(15)9-17/h2-9,11,20H,10H2,1H3. The first-order valence-corrected chi connectivity index (χ1v) is 6.92. The Morgan fingerprint density at radius 2 is 1.95 bits per heavy atom. The number of halogens is 1. The van der Waals surface area contributed by atoms with E-state index in [1.54, 1.807) is 0 Å². The first kappa shape index (κ1) is 12.9. The number of nitrogens with zero attached hydrogens (tertiary/aromatic N) is 1. The first-order valence-electron chi connectivity index (χ1n) is 6.54. The number of hydrogen-bond acceptors (Lipinski definition) is 2. The molecule has 2 aromatic carbocycles. The fourth-order valence-electron chi connectivity index (χ4n) is 2.31. The molecule has 0 unspecified atom stereocenters. The molecule has 0 fully saturated rings. The molecular weight excluding hydrogens is 268 g/mol. The number of hydrogen-bond donors (Lipinski definition) is 1. The van der Waals surface area contributed by atoms with Gasteiger partial charge < -0.3 is 5.32 Å². The van der Waals surface area contributed by atoms with Crippen LogP contribution in [0.3, 0.4) is 0 Å². The van der Waals surface area contributed by atoms with Crippen molar-refractivity contribution in [2.24, 2.45) is 0 Å². The van der Waals surface area contributed by atoms with E-state index in [-0.39, 0.29) is 0 Å². The predicted octanol–water partition coefficient (Wildman–Crippen LogP) is 4.81. The van der Waals surface area contributed by atoms with E-state index < -0.39 is 0 Å². The Morgan fingerprint density at radius 3 is 2.80 bits per heavy atom. The quantitative estimate of drug-likeness (QED) is 0.746. The number of anilines is 1. The van der Waals surface area contributed by atoms with Gasteiger partial charge in [0.1, 0.15) is 0 Å². The van der Waals surface area contributed by atoms with Gasteiger partial charge in [-0.2, -0.15) is 0 Å². The van der Waals surface area contributed by atoms with Crippen LogP contribution in [0, 0.1) is 6.92 Å². The van der Waals surface area contributed by atoms with Gasteiger partial charge in [-0.15, -0.1) is 0 Å². The van der Waals surface area contributed by atoms with E-state index >= 15 is 0 Å². The second-order valence-electron chi connectivity index (χ2n) is 4.93. The van der Waals surface area contributed by atoms with Crippen LogP contribution in [0.15, 0.2) is 54.9 Å². The number of rotatable bonds is 3. The molecular formula is C17H15ClN2. The minimum atomic E-state index is 0.762. The van der Waals surface area contributed by atoms with Gasteiger partial charge in [0.05, 0.1) is 0 Å². The molecule has 1 aromatic heterocycles. The van der Waals surface area contributed by atoms with Crippen LogP contribution in [0.1, 0.15) is 11.1 Å². The zero-order valence-electron chi connectivity index (χ0n) is 11.2. The topological polar surface area (TPSA) is 24.9 Å². The van der Waals surface area contributed by atoms with Gasteiger partial charge in [-0.3, -0.25) is 4.98 Å². The monoisotopic (exact) mass is 282 g/mol. The number of aromatic nitrogens is 1. The Kier molecular flexibility index (Phi) is 3.57. The zero-order chi connectivity index (χ0) is 13.9. The highest BCUT2D eigenvalue weighted by Crippen LogP contribution is 2.20. The lowest BCUT2D eigenvalue weighted by molar-refractivity contribution is 1.14. The molecule has 1 heterocycles. The summed E-state index contributed by atoms with van der Waals surface area (Å²) in [6.45, 7) is 2.82. The van der Waals surface area contributed by atoms with E-state index in [1.807, 2.05) is 30.6 Å². The third kappa shape index (κ3) is 2.91.